The van der Waals surface area contributed by atoms with Crippen molar-refractivity contribution >= 4 is 33.6 Å². The predicted molar refractivity (Wildman–Crippen MR) is 482 cm³/mol. The Bertz CT molecular complexity index is 2720. The van der Waals surface area contributed by atoms with E-state index < -0.39 is 91.5 Å². The number of hydrogen-bond donors (Lipinski definition) is 4. The summed E-state index contributed by atoms with van der Waals surface area (Å²) in [7, 11) is -9.82. The minimum Gasteiger partial charge on any atom is -0.463 e. The van der Waals surface area contributed by atoms with Gasteiger partial charge in [-0.3, -0.25) is 32.5 Å². The predicted octanol–water partition coefficient (Wildman–Crippen LogP) is 28.1. The molecule has 0 spiro atoms. The largest absolute Gasteiger partial charge is 0.472 e. The highest BCUT2D eigenvalue weighted by molar-refractivity contribution is 7.47. The van der Waals surface area contributed by atoms with Crippen molar-refractivity contribution in [3.8, 4) is 0 Å². The van der Waals surface area contributed by atoms with Gasteiger partial charge in [0.05, 0.1) is 26.4 Å². The fourth-order valence-electron chi connectivity index (χ4n) is 12.3. The first-order valence-electron chi connectivity index (χ1n) is 45.8. The lowest BCUT2D eigenvalue weighted by molar-refractivity contribution is -0.161. The molecule has 0 aromatic heterocycles. The van der Waals surface area contributed by atoms with Crippen LogP contribution < -0.4 is 0 Å². The molecule has 115 heavy (non-hydrogen) atoms. The van der Waals surface area contributed by atoms with Crippen LogP contribution in [0.5, 0.6) is 0 Å². The third kappa shape index (κ3) is 89.8. The first-order valence-corrected chi connectivity index (χ1v) is 48.8. The number of rotatable bonds is 86. The van der Waals surface area contributed by atoms with E-state index in [-0.39, 0.29) is 19.3 Å². The lowest BCUT2D eigenvalue weighted by atomic mass is 10.0. The van der Waals surface area contributed by atoms with Gasteiger partial charge in [0.2, 0.25) is 0 Å². The summed E-state index contributed by atoms with van der Waals surface area (Å²) in [4.78, 5) is 58.9. The number of esters is 3. The Labute approximate surface area is 701 Å². The molecular formula is C97H166O16P2. The molecule has 16 nitrogen and oxygen atoms in total. The molecule has 18 heteroatoms. The Morgan fingerprint density at radius 1 is 0.252 bits per heavy atom. The van der Waals surface area contributed by atoms with Gasteiger partial charge in [0.15, 0.2) is 6.10 Å². The molecule has 0 saturated heterocycles. The maximum absolute atomic E-state index is 13.0. The molecule has 0 amide bonds. The van der Waals surface area contributed by atoms with Crippen LogP contribution in [0.15, 0.2) is 158 Å². The maximum Gasteiger partial charge on any atom is 0.472 e. The SMILES string of the molecule is CC/C=C\C/C=C\C/C=C\C/C=C\C/C=C\CCCCCC(=O)OC(COC(=O)CCCCCCCCCCCCC/C=C\C/C=C\C/C=C\C/C=C\CCCCC)COP(=O)(O)OCC(O)COP(=O)(O)OCC(O)COC(=O)CCCCCCCCCCCCCCCCCCC/C=C\C/C=C\C/C=C\C/C=C\CCCCC. The van der Waals surface area contributed by atoms with Crippen LogP contribution in [0.4, 0.5) is 0 Å². The van der Waals surface area contributed by atoms with Crippen molar-refractivity contribution in [1.29, 1.82) is 0 Å². The van der Waals surface area contributed by atoms with E-state index in [1.54, 1.807) is 0 Å². The van der Waals surface area contributed by atoms with Crippen molar-refractivity contribution in [2.75, 3.05) is 39.6 Å². The summed E-state index contributed by atoms with van der Waals surface area (Å²) >= 11 is 0. The van der Waals surface area contributed by atoms with Crippen LogP contribution in [0.1, 0.15) is 380 Å². The summed E-state index contributed by atoms with van der Waals surface area (Å²) < 4.78 is 61.4. The maximum atomic E-state index is 13.0. The number of phosphoric acid groups is 2. The number of hydrogen-bond acceptors (Lipinski definition) is 14. The highest BCUT2D eigenvalue weighted by Gasteiger charge is 2.29. The standard InChI is InChI=1S/C97H166O16P2/c1-4-7-10-13-16-19-22-25-28-31-34-36-38-40-42-43-44-45-46-47-49-51-52-54-57-59-62-65-68-71-74-77-80-83-95(100)107-86-92(98)87-109-114(103,104)110-88-93(99)89-111-115(105,106)112-91-94(113-97(102)85-82-79-76-73-70-67-64-61-56-33-30-27-24-21-18-15-12-9-6-3)90-108-96(101)84-81-78-75-72-69-66-63-60-58-55-53-50-48-41-39-37-35-32-29-26-23-20-17-14-11-8-5-2/h9,12,16-21,25-30,34-37,40-42,48,56,61,67,70,92-94,98-99H,4-8,10-11,13-15,22-24,31-33,38-39,43-47,49-55,57-60,62-66,68-69,71-91H2,1-3H3,(H,103,104)(H,105,106)/b12-9-,19-16-,20-17-,21-18-,28-25-,29-26-,30-27-,36-34-,37-35-,42-40-,48-41-,61-56-,70-67-. The van der Waals surface area contributed by atoms with Gasteiger partial charge in [0.1, 0.15) is 25.4 Å². The number of unbranched alkanes of at least 4 members (excludes halogenated alkanes) is 37. The van der Waals surface area contributed by atoms with Crippen LogP contribution in [-0.2, 0) is 55.8 Å². The van der Waals surface area contributed by atoms with Gasteiger partial charge in [-0.1, -0.05) is 365 Å². The Balaban J connectivity index is 4.55. The molecule has 0 saturated carbocycles. The highest BCUT2D eigenvalue weighted by atomic mass is 31.2. The molecule has 660 valence electrons. The minimum absolute atomic E-state index is 0.0610. The van der Waals surface area contributed by atoms with Crippen LogP contribution in [0.3, 0.4) is 0 Å². The van der Waals surface area contributed by atoms with Crippen molar-refractivity contribution in [3.63, 3.8) is 0 Å². The lowest BCUT2D eigenvalue weighted by Crippen LogP contribution is -2.30. The van der Waals surface area contributed by atoms with Crippen LogP contribution in [0, 0.1) is 0 Å². The smallest absolute Gasteiger partial charge is 0.463 e. The van der Waals surface area contributed by atoms with Crippen LogP contribution in [0.25, 0.3) is 0 Å². The molecule has 0 aliphatic carbocycles. The molecule has 5 unspecified atom stereocenters. The van der Waals surface area contributed by atoms with Crippen molar-refractivity contribution in [1.82, 2.24) is 0 Å². The molecule has 0 aromatic carbocycles. The Morgan fingerprint density at radius 3 is 0.739 bits per heavy atom. The Hall–Kier alpha value is -4.83. The number of carbonyl (C=O) groups excluding carboxylic acids is 3. The zero-order valence-corrected chi connectivity index (χ0v) is 74.5. The second-order valence-electron chi connectivity index (χ2n) is 30.4. The molecule has 0 aliphatic rings. The number of aliphatic hydroxyl groups is 2. The quantitative estimate of drug-likeness (QED) is 0.0146. The Kier molecular flexibility index (Phi) is 84.7. The van der Waals surface area contributed by atoms with Gasteiger partial charge in [-0.2, -0.15) is 0 Å². The van der Waals surface area contributed by atoms with Gasteiger partial charge in [-0.05, 0) is 154 Å². The molecule has 0 bridgehead atoms. The van der Waals surface area contributed by atoms with Gasteiger partial charge >= 0.3 is 33.6 Å². The number of carbonyl (C=O) groups is 3. The average Bonchev–Trinajstić information content (AvgIpc) is 0.893. The molecule has 5 atom stereocenters. The molecular weight excluding hydrogens is 1480 g/mol. The van der Waals surface area contributed by atoms with Crippen LogP contribution >= 0.6 is 15.6 Å². The molecule has 0 rings (SSSR count). The number of aliphatic hydroxyl groups excluding tert-OH is 2. The van der Waals surface area contributed by atoms with E-state index in [4.69, 9.17) is 32.3 Å². The van der Waals surface area contributed by atoms with Crippen molar-refractivity contribution in [2.24, 2.45) is 0 Å². The Morgan fingerprint density at radius 2 is 0.461 bits per heavy atom. The average molecular weight is 1650 g/mol. The molecule has 4 N–H and O–H groups in total. The van der Waals surface area contributed by atoms with Gasteiger partial charge in [0.25, 0.3) is 0 Å². The van der Waals surface area contributed by atoms with E-state index in [0.717, 1.165) is 141 Å². The van der Waals surface area contributed by atoms with E-state index in [1.165, 1.54) is 180 Å². The molecule has 0 radical (unpaired) electrons. The highest BCUT2D eigenvalue weighted by Crippen LogP contribution is 2.45. The summed E-state index contributed by atoms with van der Waals surface area (Å²) in [6, 6.07) is 0. The fourth-order valence-corrected chi connectivity index (χ4v) is 13.9. The molecule has 0 fully saturated rings. The second-order valence-corrected chi connectivity index (χ2v) is 33.3. The summed E-state index contributed by atoms with van der Waals surface area (Å²) in [6.45, 7) is 2.51. The zero-order valence-electron chi connectivity index (χ0n) is 72.7. The molecule has 0 aromatic rings. The molecule has 0 heterocycles. The first kappa shape index (κ1) is 110. The fraction of sp³-hybridized carbons (Fsp3) is 0.701. The third-order valence-electron chi connectivity index (χ3n) is 19.2. The van der Waals surface area contributed by atoms with E-state index in [2.05, 4.69) is 179 Å². The monoisotopic (exact) mass is 1650 g/mol. The van der Waals surface area contributed by atoms with Crippen molar-refractivity contribution < 1.29 is 75.8 Å². The van der Waals surface area contributed by atoms with Crippen LogP contribution in [-0.4, -0.2) is 95.9 Å². The first-order chi connectivity index (χ1) is 56.2. The van der Waals surface area contributed by atoms with E-state index in [1.807, 2.05) is 0 Å². The summed E-state index contributed by atoms with van der Waals surface area (Å²) in [6.07, 6.45) is 113. The van der Waals surface area contributed by atoms with Crippen LogP contribution in [0.2, 0.25) is 0 Å². The number of ether oxygens (including phenoxy) is 3. The summed E-state index contributed by atoms with van der Waals surface area (Å²) in [5, 5.41) is 20.7. The van der Waals surface area contributed by atoms with Crippen molar-refractivity contribution in [3.05, 3.63) is 158 Å². The summed E-state index contributed by atoms with van der Waals surface area (Å²) in [5.41, 5.74) is 0. The van der Waals surface area contributed by atoms with Gasteiger partial charge in [-0.15, -0.1) is 0 Å². The minimum atomic E-state index is -4.95. The third-order valence-corrected chi connectivity index (χ3v) is 21.1. The van der Waals surface area contributed by atoms with Gasteiger partial charge in [0, 0.05) is 19.3 Å². The normalized spacial score (nSPS) is 14.5. The molecule has 0 aliphatic heterocycles. The zero-order chi connectivity index (χ0) is 83.6. The van der Waals surface area contributed by atoms with E-state index in [0.29, 0.717) is 19.3 Å². The van der Waals surface area contributed by atoms with Gasteiger partial charge in [-0.25, -0.2) is 9.13 Å². The summed E-state index contributed by atoms with van der Waals surface area (Å²) in [5.74, 6) is -1.61. The van der Waals surface area contributed by atoms with E-state index >= 15 is 0 Å². The second kappa shape index (κ2) is 88.5. The van der Waals surface area contributed by atoms with Gasteiger partial charge < -0.3 is 34.2 Å². The van der Waals surface area contributed by atoms with E-state index in [9.17, 15) is 43.5 Å². The number of allylic oxidation sites excluding steroid dienone is 26. The van der Waals surface area contributed by atoms with Crippen molar-refractivity contribution in [2.45, 2.75) is 399 Å². The lowest BCUT2D eigenvalue weighted by Gasteiger charge is -2.21. The topological polar surface area (TPSA) is 231 Å². The number of phosphoric ester groups is 2.